The van der Waals surface area contributed by atoms with E-state index in [1.807, 2.05) is 18.5 Å². The van der Waals surface area contributed by atoms with Gasteiger partial charge in [0.25, 0.3) is 0 Å². The fourth-order valence-corrected chi connectivity index (χ4v) is 1.54. The minimum absolute atomic E-state index is 0.0499. The summed E-state index contributed by atoms with van der Waals surface area (Å²) in [4.78, 5) is 14.5. The Morgan fingerprint density at radius 3 is 3.29 bits per heavy atom. The van der Waals surface area contributed by atoms with E-state index in [1.54, 1.807) is 0 Å². The standard InChI is InChI=1S/C10H14N2O2/c13-10(9-2-4-14-7-9)12-6-8-1-3-11-5-8/h1,3,5,9,11H,2,4,6-7H2,(H,12,13). The van der Waals surface area contributed by atoms with Crippen molar-refractivity contribution in [1.29, 1.82) is 0 Å². The first-order valence-electron chi connectivity index (χ1n) is 4.83. The highest BCUT2D eigenvalue weighted by Crippen LogP contribution is 2.12. The number of ether oxygens (including phenoxy) is 1. The molecule has 1 amide bonds. The van der Waals surface area contributed by atoms with Gasteiger partial charge in [-0.25, -0.2) is 0 Å². The van der Waals surface area contributed by atoms with Gasteiger partial charge in [0.1, 0.15) is 0 Å². The minimum Gasteiger partial charge on any atom is -0.381 e. The smallest absolute Gasteiger partial charge is 0.225 e. The second-order valence-corrected chi connectivity index (χ2v) is 3.50. The lowest BCUT2D eigenvalue weighted by atomic mass is 10.1. The third-order valence-electron chi connectivity index (χ3n) is 2.43. The van der Waals surface area contributed by atoms with Crippen molar-refractivity contribution >= 4 is 5.91 Å². The Morgan fingerprint density at radius 1 is 1.71 bits per heavy atom. The second kappa shape index (κ2) is 4.28. The Kier molecular flexibility index (Phi) is 2.84. The summed E-state index contributed by atoms with van der Waals surface area (Å²) in [5.74, 6) is 0.151. The lowest BCUT2D eigenvalue weighted by Crippen LogP contribution is -2.30. The van der Waals surface area contributed by atoms with Crippen LogP contribution >= 0.6 is 0 Å². The molecule has 1 aliphatic rings. The normalized spacial score (nSPS) is 21.0. The summed E-state index contributed by atoms with van der Waals surface area (Å²) in [5.41, 5.74) is 1.09. The molecule has 1 atom stereocenters. The highest BCUT2D eigenvalue weighted by Gasteiger charge is 2.22. The number of carbonyl (C=O) groups is 1. The molecule has 2 rings (SSSR count). The van der Waals surface area contributed by atoms with Crippen molar-refractivity contribution in [2.45, 2.75) is 13.0 Å². The van der Waals surface area contributed by atoms with Gasteiger partial charge in [0.2, 0.25) is 5.91 Å². The van der Waals surface area contributed by atoms with Crippen LogP contribution in [0.1, 0.15) is 12.0 Å². The van der Waals surface area contributed by atoms with Crippen LogP contribution in [0, 0.1) is 5.92 Å². The summed E-state index contributed by atoms with van der Waals surface area (Å²) in [6, 6.07) is 1.95. The number of aromatic nitrogens is 1. The Morgan fingerprint density at radius 2 is 2.64 bits per heavy atom. The van der Waals surface area contributed by atoms with Crippen molar-refractivity contribution in [3.63, 3.8) is 0 Å². The molecule has 1 saturated heterocycles. The van der Waals surface area contributed by atoms with Gasteiger partial charge in [-0.1, -0.05) is 0 Å². The molecule has 1 unspecified atom stereocenters. The van der Waals surface area contributed by atoms with E-state index in [9.17, 15) is 4.79 Å². The molecule has 0 saturated carbocycles. The van der Waals surface area contributed by atoms with Gasteiger partial charge in [0, 0.05) is 25.5 Å². The Balaban J connectivity index is 1.77. The lowest BCUT2D eigenvalue weighted by molar-refractivity contribution is -0.125. The summed E-state index contributed by atoms with van der Waals surface area (Å²) in [7, 11) is 0. The SMILES string of the molecule is O=C(NCc1cc[nH]c1)C1CCOC1. The van der Waals surface area contributed by atoms with E-state index in [0.29, 0.717) is 19.8 Å². The van der Waals surface area contributed by atoms with E-state index >= 15 is 0 Å². The first kappa shape index (κ1) is 9.27. The Bertz CT molecular complexity index is 289. The molecule has 1 fully saturated rings. The van der Waals surface area contributed by atoms with Crippen LogP contribution in [-0.2, 0) is 16.1 Å². The van der Waals surface area contributed by atoms with Gasteiger partial charge >= 0.3 is 0 Å². The van der Waals surface area contributed by atoms with Crippen molar-refractivity contribution in [2.24, 2.45) is 5.92 Å². The molecule has 4 heteroatoms. The maximum Gasteiger partial charge on any atom is 0.225 e. The van der Waals surface area contributed by atoms with Gasteiger partial charge in [0.05, 0.1) is 12.5 Å². The molecule has 2 N–H and O–H groups in total. The maximum absolute atomic E-state index is 11.5. The Labute approximate surface area is 82.6 Å². The molecule has 0 radical (unpaired) electrons. The van der Waals surface area contributed by atoms with E-state index in [0.717, 1.165) is 12.0 Å². The predicted octanol–water partition coefficient (Wildman–Crippen LogP) is 0.667. The topological polar surface area (TPSA) is 54.1 Å². The molecule has 14 heavy (non-hydrogen) atoms. The highest BCUT2D eigenvalue weighted by molar-refractivity contribution is 5.78. The zero-order chi connectivity index (χ0) is 9.80. The number of hydrogen-bond donors (Lipinski definition) is 2. The molecule has 4 nitrogen and oxygen atoms in total. The van der Waals surface area contributed by atoms with E-state index < -0.39 is 0 Å². The molecule has 1 aromatic rings. The summed E-state index contributed by atoms with van der Waals surface area (Å²) in [6.45, 7) is 1.88. The molecular weight excluding hydrogens is 180 g/mol. The van der Waals surface area contributed by atoms with Crippen molar-refractivity contribution in [2.75, 3.05) is 13.2 Å². The van der Waals surface area contributed by atoms with E-state index in [4.69, 9.17) is 4.74 Å². The number of H-pyrrole nitrogens is 1. The van der Waals surface area contributed by atoms with E-state index in [-0.39, 0.29) is 11.8 Å². The van der Waals surface area contributed by atoms with Crippen LogP contribution in [0.3, 0.4) is 0 Å². The van der Waals surface area contributed by atoms with Crippen LogP contribution in [0.2, 0.25) is 0 Å². The van der Waals surface area contributed by atoms with Gasteiger partial charge < -0.3 is 15.0 Å². The van der Waals surface area contributed by atoms with E-state index in [1.165, 1.54) is 0 Å². The van der Waals surface area contributed by atoms with Gasteiger partial charge in [-0.2, -0.15) is 0 Å². The lowest BCUT2D eigenvalue weighted by Gasteiger charge is -2.07. The molecule has 2 heterocycles. The first-order valence-corrected chi connectivity index (χ1v) is 4.83. The number of carbonyl (C=O) groups excluding carboxylic acids is 1. The molecule has 0 aromatic carbocycles. The van der Waals surface area contributed by atoms with Crippen molar-refractivity contribution < 1.29 is 9.53 Å². The number of nitrogens with one attached hydrogen (secondary N) is 2. The average molecular weight is 194 g/mol. The molecule has 0 aliphatic carbocycles. The molecule has 0 bridgehead atoms. The van der Waals surface area contributed by atoms with Crippen molar-refractivity contribution in [3.8, 4) is 0 Å². The van der Waals surface area contributed by atoms with Crippen LogP contribution in [0.15, 0.2) is 18.5 Å². The van der Waals surface area contributed by atoms with Crippen LogP contribution in [0.5, 0.6) is 0 Å². The fraction of sp³-hybridized carbons (Fsp3) is 0.500. The largest absolute Gasteiger partial charge is 0.381 e. The van der Waals surface area contributed by atoms with Gasteiger partial charge in [-0.3, -0.25) is 4.79 Å². The molecule has 1 aromatic heterocycles. The van der Waals surface area contributed by atoms with Crippen molar-refractivity contribution in [3.05, 3.63) is 24.0 Å². The summed E-state index contributed by atoms with van der Waals surface area (Å²) in [6.07, 6.45) is 4.57. The number of hydrogen-bond acceptors (Lipinski definition) is 2. The molecule has 0 spiro atoms. The third kappa shape index (κ3) is 2.14. The molecule has 1 aliphatic heterocycles. The summed E-state index contributed by atoms with van der Waals surface area (Å²) < 4.78 is 5.15. The molecular formula is C10H14N2O2. The second-order valence-electron chi connectivity index (χ2n) is 3.50. The summed E-state index contributed by atoms with van der Waals surface area (Å²) >= 11 is 0. The van der Waals surface area contributed by atoms with Crippen molar-refractivity contribution in [1.82, 2.24) is 10.3 Å². The predicted molar refractivity (Wildman–Crippen MR) is 51.6 cm³/mol. The van der Waals surface area contributed by atoms with Gasteiger partial charge in [-0.05, 0) is 18.1 Å². The van der Waals surface area contributed by atoms with Crippen LogP contribution in [0.4, 0.5) is 0 Å². The van der Waals surface area contributed by atoms with Gasteiger partial charge in [0.15, 0.2) is 0 Å². The average Bonchev–Trinajstić information content (AvgIpc) is 2.87. The van der Waals surface area contributed by atoms with Crippen LogP contribution < -0.4 is 5.32 Å². The van der Waals surface area contributed by atoms with Crippen LogP contribution in [-0.4, -0.2) is 24.1 Å². The van der Waals surface area contributed by atoms with Crippen LogP contribution in [0.25, 0.3) is 0 Å². The number of aromatic amines is 1. The molecule has 76 valence electrons. The Hall–Kier alpha value is -1.29. The quantitative estimate of drug-likeness (QED) is 0.743. The minimum atomic E-state index is 0.0499. The zero-order valence-corrected chi connectivity index (χ0v) is 7.95. The number of amides is 1. The highest BCUT2D eigenvalue weighted by atomic mass is 16.5. The maximum atomic E-state index is 11.5. The zero-order valence-electron chi connectivity index (χ0n) is 7.95. The number of rotatable bonds is 3. The first-order chi connectivity index (χ1) is 6.86. The summed E-state index contributed by atoms with van der Waals surface area (Å²) in [5, 5.41) is 2.89. The van der Waals surface area contributed by atoms with E-state index in [2.05, 4.69) is 10.3 Å². The fourth-order valence-electron chi connectivity index (χ4n) is 1.54. The monoisotopic (exact) mass is 194 g/mol. The third-order valence-corrected chi connectivity index (χ3v) is 2.43. The van der Waals surface area contributed by atoms with Gasteiger partial charge in [-0.15, -0.1) is 0 Å².